The largest absolute Gasteiger partial charge is 0.356 e. The molecule has 1 heterocycles. The molecule has 144 valence electrons. The fourth-order valence-electron chi connectivity index (χ4n) is 3.50. The molecule has 1 fully saturated rings. The van der Waals surface area contributed by atoms with Crippen molar-refractivity contribution in [2.24, 2.45) is 4.99 Å². The van der Waals surface area contributed by atoms with E-state index in [1.165, 1.54) is 60.5 Å². The summed E-state index contributed by atoms with van der Waals surface area (Å²) in [5.74, 6) is 0.776. The van der Waals surface area contributed by atoms with Crippen LogP contribution in [0.4, 0.5) is 0 Å². The Balaban J connectivity index is 1.53. The third kappa shape index (κ3) is 5.43. The molecule has 26 heavy (non-hydrogen) atoms. The number of carbonyl (C=O) groups excluding carboxylic acids is 1. The van der Waals surface area contributed by atoms with Gasteiger partial charge < -0.3 is 15.5 Å². The lowest BCUT2D eigenvalue weighted by Crippen LogP contribution is -2.43. The number of aliphatic imine (C=N–C) groups is 1. The van der Waals surface area contributed by atoms with Gasteiger partial charge in [0.1, 0.15) is 6.54 Å². The molecule has 0 unspecified atom stereocenters. The van der Waals surface area contributed by atoms with Gasteiger partial charge >= 0.3 is 0 Å². The van der Waals surface area contributed by atoms with E-state index in [4.69, 9.17) is 4.98 Å². The lowest BCUT2D eigenvalue weighted by molar-refractivity contribution is -0.127. The van der Waals surface area contributed by atoms with Crippen LogP contribution in [-0.4, -0.2) is 55.0 Å². The summed E-state index contributed by atoms with van der Waals surface area (Å²) in [6.07, 6.45) is 10.7. The van der Waals surface area contributed by atoms with Gasteiger partial charge in [-0.05, 0) is 38.5 Å². The van der Waals surface area contributed by atoms with E-state index in [2.05, 4.69) is 15.6 Å². The number of guanidine groups is 1. The molecule has 6 nitrogen and oxygen atoms in total. The third-order valence-corrected chi connectivity index (χ3v) is 6.31. The number of hydrogen-bond acceptors (Lipinski definition) is 4. The lowest BCUT2D eigenvalue weighted by Gasteiger charge is -2.17. The minimum atomic E-state index is 0.0186. The highest BCUT2D eigenvalue weighted by Gasteiger charge is 2.17. The van der Waals surface area contributed by atoms with E-state index in [1.807, 2.05) is 11.3 Å². The highest BCUT2D eigenvalue weighted by molar-refractivity contribution is 7.11. The molecule has 2 N–H and O–H groups in total. The summed E-state index contributed by atoms with van der Waals surface area (Å²) in [6, 6.07) is 0.475. The second-order valence-corrected chi connectivity index (χ2v) is 8.61. The number of aromatic nitrogens is 1. The van der Waals surface area contributed by atoms with Gasteiger partial charge in [-0.25, -0.2) is 9.98 Å². The molecule has 1 aromatic heterocycles. The summed E-state index contributed by atoms with van der Waals surface area (Å²) >= 11 is 1.87. The first-order valence-corrected chi connectivity index (χ1v) is 10.7. The second kappa shape index (κ2) is 9.35. The van der Waals surface area contributed by atoms with Crippen LogP contribution in [0.1, 0.15) is 54.1 Å². The fourth-order valence-corrected chi connectivity index (χ4v) is 4.66. The van der Waals surface area contributed by atoms with Crippen LogP contribution in [0.3, 0.4) is 0 Å². The number of likely N-dealkylation sites (N-methyl/N-ethyl adjacent to an activating group) is 1. The highest BCUT2D eigenvalue weighted by atomic mass is 32.1. The van der Waals surface area contributed by atoms with Crippen LogP contribution in [0, 0.1) is 0 Å². The molecule has 0 aromatic carbocycles. The number of nitrogens with one attached hydrogen (secondary N) is 2. The maximum Gasteiger partial charge on any atom is 0.243 e. The number of amides is 1. The minimum Gasteiger partial charge on any atom is -0.356 e. The van der Waals surface area contributed by atoms with Crippen LogP contribution in [0.25, 0.3) is 0 Å². The van der Waals surface area contributed by atoms with E-state index >= 15 is 0 Å². The van der Waals surface area contributed by atoms with Crippen LogP contribution in [-0.2, 0) is 24.1 Å². The second-order valence-electron chi connectivity index (χ2n) is 7.44. The average molecular weight is 378 g/mol. The molecule has 1 saturated carbocycles. The number of hydrogen-bond donors (Lipinski definition) is 2. The van der Waals surface area contributed by atoms with Gasteiger partial charge in [0, 0.05) is 38.0 Å². The quantitative estimate of drug-likeness (QED) is 0.589. The molecular formula is C19H31N5OS. The molecule has 0 saturated heterocycles. The average Bonchev–Trinajstić information content (AvgIpc) is 3.27. The first-order valence-electron chi connectivity index (χ1n) is 9.84. The predicted molar refractivity (Wildman–Crippen MR) is 107 cm³/mol. The van der Waals surface area contributed by atoms with Crippen molar-refractivity contribution >= 4 is 23.2 Å². The van der Waals surface area contributed by atoms with Crippen LogP contribution in [0.2, 0.25) is 0 Å². The first kappa shape index (κ1) is 19.1. The Hall–Kier alpha value is -1.63. The van der Waals surface area contributed by atoms with Crippen LogP contribution >= 0.6 is 11.3 Å². The van der Waals surface area contributed by atoms with E-state index in [0.717, 1.165) is 25.3 Å². The summed E-state index contributed by atoms with van der Waals surface area (Å²) in [4.78, 5) is 24.2. The van der Waals surface area contributed by atoms with Gasteiger partial charge in [0.15, 0.2) is 5.96 Å². The normalized spacial score (nSPS) is 17.8. The SMILES string of the molecule is CN(C)C(=O)CN=C(NCCc1nc2c(s1)CCCC2)NC1CCCC1. The molecule has 1 amide bonds. The molecule has 0 spiro atoms. The van der Waals surface area contributed by atoms with Gasteiger partial charge in [-0.15, -0.1) is 11.3 Å². The Morgan fingerprint density at radius 1 is 1.23 bits per heavy atom. The minimum absolute atomic E-state index is 0.0186. The number of fused-ring (bicyclic) bond motifs is 1. The summed E-state index contributed by atoms with van der Waals surface area (Å²) in [6.45, 7) is 0.974. The number of rotatable bonds is 6. The van der Waals surface area contributed by atoms with Crippen molar-refractivity contribution in [1.82, 2.24) is 20.5 Å². The Morgan fingerprint density at radius 2 is 2.00 bits per heavy atom. The van der Waals surface area contributed by atoms with Gasteiger partial charge in [-0.3, -0.25) is 4.79 Å². The molecule has 0 radical (unpaired) electrons. The summed E-state index contributed by atoms with van der Waals surface area (Å²) in [5.41, 5.74) is 1.32. The zero-order chi connectivity index (χ0) is 18.4. The Morgan fingerprint density at radius 3 is 2.73 bits per heavy atom. The van der Waals surface area contributed by atoms with E-state index < -0.39 is 0 Å². The molecule has 3 rings (SSSR count). The van der Waals surface area contributed by atoms with Crippen LogP contribution in [0.5, 0.6) is 0 Å². The Kier molecular flexibility index (Phi) is 6.88. The maximum atomic E-state index is 11.8. The monoisotopic (exact) mass is 377 g/mol. The van der Waals surface area contributed by atoms with Crippen molar-refractivity contribution in [3.63, 3.8) is 0 Å². The van der Waals surface area contributed by atoms with E-state index in [9.17, 15) is 4.79 Å². The topological polar surface area (TPSA) is 69.6 Å². The maximum absolute atomic E-state index is 11.8. The van der Waals surface area contributed by atoms with Gasteiger partial charge in [-0.2, -0.15) is 0 Å². The van der Waals surface area contributed by atoms with Gasteiger partial charge in [0.05, 0.1) is 10.7 Å². The molecule has 0 aliphatic heterocycles. The van der Waals surface area contributed by atoms with Crippen molar-refractivity contribution in [1.29, 1.82) is 0 Å². The van der Waals surface area contributed by atoms with Gasteiger partial charge in [0.25, 0.3) is 0 Å². The summed E-state index contributed by atoms with van der Waals surface area (Å²) in [5, 5.41) is 8.12. The summed E-state index contributed by atoms with van der Waals surface area (Å²) in [7, 11) is 3.53. The van der Waals surface area contributed by atoms with Crippen LogP contribution < -0.4 is 10.6 Å². The smallest absolute Gasteiger partial charge is 0.243 e. The number of carbonyl (C=O) groups is 1. The van der Waals surface area contributed by atoms with Crippen molar-refractivity contribution in [2.75, 3.05) is 27.2 Å². The van der Waals surface area contributed by atoms with Gasteiger partial charge in [-0.1, -0.05) is 12.8 Å². The zero-order valence-corrected chi connectivity index (χ0v) is 16.8. The molecule has 2 aliphatic carbocycles. The van der Waals surface area contributed by atoms with E-state index in [1.54, 1.807) is 19.0 Å². The molecule has 7 heteroatoms. The molecule has 0 atom stereocenters. The number of nitrogens with zero attached hydrogens (tertiary/aromatic N) is 3. The standard InChI is InChI=1S/C19H31N5OS/c1-24(2)18(25)13-21-19(22-14-7-3-4-8-14)20-12-11-17-23-15-9-5-6-10-16(15)26-17/h14H,3-13H2,1-2H3,(H2,20,21,22). The highest BCUT2D eigenvalue weighted by Crippen LogP contribution is 2.26. The molecule has 0 bridgehead atoms. The lowest BCUT2D eigenvalue weighted by atomic mass is 10.0. The number of thiazole rings is 1. The zero-order valence-electron chi connectivity index (χ0n) is 16.0. The Labute approximate surface area is 160 Å². The molecule has 1 aromatic rings. The molecular weight excluding hydrogens is 346 g/mol. The Bertz CT molecular complexity index is 610. The van der Waals surface area contributed by atoms with Crippen molar-refractivity contribution < 1.29 is 4.79 Å². The van der Waals surface area contributed by atoms with Crippen molar-refractivity contribution in [2.45, 2.75) is 63.8 Å². The van der Waals surface area contributed by atoms with E-state index in [0.29, 0.717) is 6.04 Å². The third-order valence-electron chi connectivity index (χ3n) is 5.09. The van der Waals surface area contributed by atoms with Crippen molar-refractivity contribution in [3.8, 4) is 0 Å². The fraction of sp³-hybridized carbons (Fsp3) is 0.737. The van der Waals surface area contributed by atoms with Crippen molar-refractivity contribution in [3.05, 3.63) is 15.6 Å². The number of aryl methyl sites for hydroxylation is 2. The molecule has 2 aliphatic rings. The first-order chi connectivity index (χ1) is 12.6. The van der Waals surface area contributed by atoms with E-state index in [-0.39, 0.29) is 12.5 Å². The summed E-state index contributed by atoms with van der Waals surface area (Å²) < 4.78 is 0. The van der Waals surface area contributed by atoms with Crippen LogP contribution in [0.15, 0.2) is 4.99 Å². The van der Waals surface area contributed by atoms with Gasteiger partial charge in [0.2, 0.25) is 5.91 Å². The predicted octanol–water partition coefficient (Wildman–Crippen LogP) is 2.13.